The summed E-state index contributed by atoms with van der Waals surface area (Å²) in [4.78, 5) is 24.7. The molecule has 3 saturated carbocycles. The molecule has 0 spiro atoms. The lowest BCUT2D eigenvalue weighted by Gasteiger charge is -2.41. The predicted octanol–water partition coefficient (Wildman–Crippen LogP) is 4.14. The van der Waals surface area contributed by atoms with E-state index in [0.29, 0.717) is 24.2 Å². The Morgan fingerprint density at radius 1 is 1.23 bits per heavy atom. The second-order valence-corrected chi connectivity index (χ2v) is 8.13. The third-order valence-corrected chi connectivity index (χ3v) is 6.85. The Kier molecular flexibility index (Phi) is 4.61. The molecule has 0 aromatic rings. The zero-order valence-corrected chi connectivity index (χ0v) is 14.1. The fourth-order valence-electron chi connectivity index (χ4n) is 5.46. The largest absolute Gasteiger partial charge is 0.465 e. The molecule has 3 fully saturated rings. The third kappa shape index (κ3) is 2.83. The van der Waals surface area contributed by atoms with Crippen LogP contribution in [0, 0.1) is 29.1 Å². The van der Waals surface area contributed by atoms with Crippen LogP contribution in [-0.2, 0) is 14.3 Å². The van der Waals surface area contributed by atoms with Gasteiger partial charge in [-0.3, -0.25) is 9.59 Å². The maximum absolute atomic E-state index is 12.5. The number of Topliss-reactive ketones (excluding diaryl/α,β-unsaturated/α-hetero) is 1. The Bertz CT molecular complexity index is 438. The number of hydrogen-bond donors (Lipinski definition) is 0. The second kappa shape index (κ2) is 6.33. The molecule has 0 N–H and O–H groups in total. The lowest BCUT2D eigenvalue weighted by molar-refractivity contribution is -0.154. The zero-order chi connectivity index (χ0) is 15.7. The molecular formula is C19H30O3. The smallest absolute Gasteiger partial charge is 0.308 e. The molecule has 124 valence electrons. The number of fused-ring (bicyclic) bond motifs is 1. The predicted molar refractivity (Wildman–Crippen MR) is 85.3 cm³/mol. The summed E-state index contributed by atoms with van der Waals surface area (Å²) in [6.07, 6.45) is 9.78. The van der Waals surface area contributed by atoms with Crippen LogP contribution in [0.25, 0.3) is 0 Å². The highest BCUT2D eigenvalue weighted by molar-refractivity contribution is 5.83. The summed E-state index contributed by atoms with van der Waals surface area (Å²) in [7, 11) is 0. The molecule has 0 amide bonds. The maximum Gasteiger partial charge on any atom is 0.308 e. The zero-order valence-electron chi connectivity index (χ0n) is 14.1. The summed E-state index contributed by atoms with van der Waals surface area (Å²) in [6, 6.07) is 0. The molecule has 0 aliphatic heterocycles. The monoisotopic (exact) mass is 306 g/mol. The van der Waals surface area contributed by atoms with Gasteiger partial charge in [0.2, 0.25) is 0 Å². The van der Waals surface area contributed by atoms with Crippen molar-refractivity contribution in [2.24, 2.45) is 29.1 Å². The van der Waals surface area contributed by atoms with Gasteiger partial charge in [-0.05, 0) is 55.8 Å². The standard InChI is InChI=1S/C19H30O3/c1-13(18(21)22-12-14-6-3-4-7-14)15-9-10-16-17(20)8-5-11-19(15,16)2/h13-16H,3-12H2,1-2H3/t13-,15+,16-,19-/m0/s1. The van der Waals surface area contributed by atoms with Crippen molar-refractivity contribution in [1.29, 1.82) is 0 Å². The van der Waals surface area contributed by atoms with Gasteiger partial charge in [-0.2, -0.15) is 0 Å². The highest BCUT2D eigenvalue weighted by Crippen LogP contribution is 2.56. The van der Waals surface area contributed by atoms with Crippen LogP contribution in [-0.4, -0.2) is 18.4 Å². The first-order chi connectivity index (χ1) is 10.5. The highest BCUT2D eigenvalue weighted by Gasteiger charge is 2.53. The number of ether oxygens (including phenoxy) is 1. The van der Waals surface area contributed by atoms with E-state index in [1.807, 2.05) is 6.92 Å². The van der Waals surface area contributed by atoms with Crippen molar-refractivity contribution in [1.82, 2.24) is 0 Å². The van der Waals surface area contributed by atoms with Gasteiger partial charge in [0.05, 0.1) is 12.5 Å². The average molecular weight is 306 g/mol. The number of esters is 1. The van der Waals surface area contributed by atoms with Gasteiger partial charge in [0.15, 0.2) is 0 Å². The topological polar surface area (TPSA) is 43.4 Å². The SMILES string of the molecule is C[C@H](C(=O)OCC1CCCC1)[C@H]1CC[C@H]2C(=O)CCC[C@@]12C. The Morgan fingerprint density at radius 2 is 1.95 bits per heavy atom. The normalized spacial score (nSPS) is 37.1. The molecule has 0 aromatic heterocycles. The van der Waals surface area contributed by atoms with Crippen LogP contribution in [0.5, 0.6) is 0 Å². The molecule has 0 aromatic carbocycles. The molecule has 22 heavy (non-hydrogen) atoms. The maximum atomic E-state index is 12.5. The fourth-order valence-corrected chi connectivity index (χ4v) is 5.46. The number of carbonyl (C=O) groups is 2. The molecule has 3 aliphatic carbocycles. The van der Waals surface area contributed by atoms with E-state index in [1.165, 1.54) is 25.7 Å². The van der Waals surface area contributed by atoms with E-state index in [1.54, 1.807) is 0 Å². The van der Waals surface area contributed by atoms with Gasteiger partial charge in [-0.25, -0.2) is 0 Å². The molecule has 0 heterocycles. The van der Waals surface area contributed by atoms with Gasteiger partial charge in [-0.1, -0.05) is 26.7 Å². The third-order valence-electron chi connectivity index (χ3n) is 6.85. The van der Waals surface area contributed by atoms with E-state index < -0.39 is 0 Å². The van der Waals surface area contributed by atoms with Crippen molar-refractivity contribution in [3.63, 3.8) is 0 Å². The van der Waals surface area contributed by atoms with Crippen molar-refractivity contribution in [3.8, 4) is 0 Å². The van der Waals surface area contributed by atoms with Crippen LogP contribution in [0.4, 0.5) is 0 Å². The van der Waals surface area contributed by atoms with Gasteiger partial charge in [-0.15, -0.1) is 0 Å². The summed E-state index contributed by atoms with van der Waals surface area (Å²) >= 11 is 0. The van der Waals surface area contributed by atoms with Gasteiger partial charge in [0.1, 0.15) is 5.78 Å². The number of ketones is 1. The molecule has 3 nitrogen and oxygen atoms in total. The van der Waals surface area contributed by atoms with Crippen molar-refractivity contribution in [3.05, 3.63) is 0 Å². The lowest BCUT2D eigenvalue weighted by Crippen LogP contribution is -2.41. The summed E-state index contributed by atoms with van der Waals surface area (Å²) in [5.74, 6) is 1.43. The minimum atomic E-state index is -0.0673. The van der Waals surface area contributed by atoms with Crippen LogP contribution in [0.3, 0.4) is 0 Å². The van der Waals surface area contributed by atoms with Gasteiger partial charge in [0, 0.05) is 12.3 Å². The van der Waals surface area contributed by atoms with Crippen LogP contribution in [0.15, 0.2) is 0 Å². The van der Waals surface area contributed by atoms with Crippen LogP contribution in [0.1, 0.15) is 71.6 Å². The van der Waals surface area contributed by atoms with Crippen molar-refractivity contribution in [2.45, 2.75) is 71.6 Å². The number of carbonyl (C=O) groups excluding carboxylic acids is 2. The van der Waals surface area contributed by atoms with Crippen molar-refractivity contribution >= 4 is 11.8 Å². The second-order valence-electron chi connectivity index (χ2n) is 8.13. The van der Waals surface area contributed by atoms with Crippen molar-refractivity contribution in [2.75, 3.05) is 6.61 Å². The molecule has 0 unspecified atom stereocenters. The van der Waals surface area contributed by atoms with Gasteiger partial charge < -0.3 is 4.74 Å². The molecule has 4 atom stereocenters. The molecule has 0 saturated heterocycles. The minimum absolute atomic E-state index is 0.0289. The van der Waals surface area contributed by atoms with E-state index >= 15 is 0 Å². The van der Waals surface area contributed by atoms with Crippen LogP contribution >= 0.6 is 0 Å². The molecule has 3 heteroatoms. The minimum Gasteiger partial charge on any atom is -0.465 e. The first kappa shape index (κ1) is 16.0. The molecule has 0 bridgehead atoms. The van der Waals surface area contributed by atoms with E-state index in [-0.39, 0.29) is 23.2 Å². The van der Waals surface area contributed by atoms with E-state index in [9.17, 15) is 9.59 Å². The molecule has 3 aliphatic rings. The Hall–Kier alpha value is -0.860. The first-order valence-electron chi connectivity index (χ1n) is 9.21. The van der Waals surface area contributed by atoms with E-state index in [2.05, 4.69) is 6.92 Å². The highest BCUT2D eigenvalue weighted by atomic mass is 16.5. The summed E-state index contributed by atoms with van der Waals surface area (Å²) in [5, 5.41) is 0. The van der Waals surface area contributed by atoms with Gasteiger partial charge in [0.25, 0.3) is 0 Å². The summed E-state index contributed by atoms with van der Waals surface area (Å²) in [6.45, 7) is 4.87. The fraction of sp³-hybridized carbons (Fsp3) is 0.895. The Labute approximate surface area is 134 Å². The lowest BCUT2D eigenvalue weighted by atomic mass is 9.62. The average Bonchev–Trinajstić information content (AvgIpc) is 3.11. The number of hydrogen-bond acceptors (Lipinski definition) is 3. The Balaban J connectivity index is 1.60. The van der Waals surface area contributed by atoms with Crippen LogP contribution in [0.2, 0.25) is 0 Å². The molecular weight excluding hydrogens is 276 g/mol. The summed E-state index contributed by atoms with van der Waals surface area (Å²) in [5.41, 5.74) is 0.0289. The first-order valence-corrected chi connectivity index (χ1v) is 9.21. The van der Waals surface area contributed by atoms with Crippen molar-refractivity contribution < 1.29 is 14.3 Å². The quantitative estimate of drug-likeness (QED) is 0.733. The van der Waals surface area contributed by atoms with Gasteiger partial charge >= 0.3 is 5.97 Å². The van der Waals surface area contributed by atoms with Crippen LogP contribution < -0.4 is 0 Å². The summed E-state index contributed by atoms with van der Waals surface area (Å²) < 4.78 is 5.63. The van der Waals surface area contributed by atoms with E-state index in [0.717, 1.165) is 32.1 Å². The molecule has 0 radical (unpaired) electrons. The van der Waals surface area contributed by atoms with E-state index in [4.69, 9.17) is 4.74 Å². The molecule has 3 rings (SSSR count). The Morgan fingerprint density at radius 3 is 2.68 bits per heavy atom. The number of rotatable bonds is 4.